The molecule has 1 spiro atoms. The van der Waals surface area contributed by atoms with Gasteiger partial charge in [-0.25, -0.2) is 9.59 Å². The lowest BCUT2D eigenvalue weighted by molar-refractivity contribution is 0.00837. The minimum atomic E-state index is -0.995. The summed E-state index contributed by atoms with van der Waals surface area (Å²) in [5.74, 6) is -1.15. The number of fused-ring (bicyclic) bond motifs is 3. The molecule has 8 nitrogen and oxygen atoms in total. The minimum Gasteiger partial charge on any atom is -0.478 e. The van der Waals surface area contributed by atoms with Gasteiger partial charge in [-0.2, -0.15) is 0 Å². The van der Waals surface area contributed by atoms with Crippen LogP contribution in [-0.4, -0.2) is 57.8 Å². The van der Waals surface area contributed by atoms with Gasteiger partial charge in [-0.15, -0.1) is 0 Å². The fourth-order valence-corrected chi connectivity index (χ4v) is 4.32. The van der Waals surface area contributed by atoms with Gasteiger partial charge in [0.1, 0.15) is 11.3 Å². The molecule has 1 aromatic carbocycles. The highest BCUT2D eigenvalue weighted by atomic mass is 16.6. The second-order valence-electron chi connectivity index (χ2n) is 9.34. The van der Waals surface area contributed by atoms with Crippen molar-refractivity contribution in [3.05, 3.63) is 35.5 Å². The van der Waals surface area contributed by atoms with Crippen LogP contribution in [0.1, 0.15) is 54.5 Å². The predicted octanol–water partition coefficient (Wildman–Crippen LogP) is 3.10. The molecule has 2 N–H and O–H groups in total. The molecule has 2 aromatic rings. The van der Waals surface area contributed by atoms with Crippen LogP contribution in [0.15, 0.2) is 24.3 Å². The number of aromatic carboxylic acids is 1. The lowest BCUT2D eigenvalue weighted by Crippen LogP contribution is -2.49. The highest BCUT2D eigenvalue weighted by Gasteiger charge is 2.40. The van der Waals surface area contributed by atoms with E-state index in [9.17, 15) is 19.5 Å². The molecule has 2 aliphatic rings. The Morgan fingerprint density at radius 2 is 1.87 bits per heavy atom. The van der Waals surface area contributed by atoms with Gasteiger partial charge in [-0.3, -0.25) is 4.79 Å². The number of rotatable bonds is 1. The molecule has 0 aliphatic carbocycles. The summed E-state index contributed by atoms with van der Waals surface area (Å²) in [7, 11) is 0. The van der Waals surface area contributed by atoms with Crippen molar-refractivity contribution >= 4 is 28.9 Å². The fraction of sp³-hybridized carbons (Fsp3) is 0.500. The van der Waals surface area contributed by atoms with Crippen molar-refractivity contribution in [1.82, 2.24) is 14.8 Å². The van der Waals surface area contributed by atoms with Crippen LogP contribution in [0.5, 0.6) is 0 Å². The second-order valence-corrected chi connectivity index (χ2v) is 9.34. The van der Waals surface area contributed by atoms with Crippen molar-refractivity contribution < 1.29 is 24.2 Å². The van der Waals surface area contributed by atoms with Gasteiger partial charge >= 0.3 is 12.1 Å². The first-order valence-electron chi connectivity index (χ1n) is 10.2. The monoisotopic (exact) mass is 413 g/mol. The molecule has 2 aliphatic heterocycles. The Labute approximate surface area is 174 Å². The lowest BCUT2D eigenvalue weighted by atomic mass is 9.78. The molecule has 0 atom stereocenters. The summed E-state index contributed by atoms with van der Waals surface area (Å²) in [5, 5.41) is 13.2. The van der Waals surface area contributed by atoms with Gasteiger partial charge in [0.25, 0.3) is 5.91 Å². The van der Waals surface area contributed by atoms with Crippen molar-refractivity contribution in [2.75, 3.05) is 19.6 Å². The molecule has 2 amide bonds. The summed E-state index contributed by atoms with van der Waals surface area (Å²) < 4.78 is 7.43. The summed E-state index contributed by atoms with van der Waals surface area (Å²) in [6, 6.07) is 6.73. The zero-order chi connectivity index (χ0) is 21.7. The molecule has 0 unspecified atom stereocenters. The molecular formula is C22H27N3O5. The Morgan fingerprint density at radius 1 is 1.17 bits per heavy atom. The van der Waals surface area contributed by atoms with E-state index in [1.165, 1.54) is 0 Å². The summed E-state index contributed by atoms with van der Waals surface area (Å²) in [6.45, 7) is 7.77. The molecule has 1 aromatic heterocycles. The van der Waals surface area contributed by atoms with Crippen LogP contribution in [-0.2, 0) is 11.3 Å². The van der Waals surface area contributed by atoms with Crippen LogP contribution in [0.25, 0.3) is 10.9 Å². The first-order valence-corrected chi connectivity index (χ1v) is 10.2. The van der Waals surface area contributed by atoms with E-state index in [0.29, 0.717) is 31.9 Å². The van der Waals surface area contributed by atoms with Crippen LogP contribution >= 0.6 is 0 Å². The highest BCUT2D eigenvalue weighted by Crippen LogP contribution is 2.37. The number of benzene rings is 1. The smallest absolute Gasteiger partial charge is 0.410 e. The molecule has 8 heteroatoms. The van der Waals surface area contributed by atoms with Crippen molar-refractivity contribution in [2.24, 2.45) is 5.41 Å². The van der Waals surface area contributed by atoms with Gasteiger partial charge in [-0.05, 0) is 51.8 Å². The zero-order valence-electron chi connectivity index (χ0n) is 17.5. The number of nitrogens with zero attached hydrogens (tertiary/aromatic N) is 2. The average molecular weight is 413 g/mol. The van der Waals surface area contributed by atoms with Crippen LogP contribution in [0.2, 0.25) is 0 Å². The molecule has 0 saturated carbocycles. The molecule has 3 heterocycles. The summed E-state index contributed by atoms with van der Waals surface area (Å²) >= 11 is 0. The molecule has 4 rings (SSSR count). The molecule has 0 bridgehead atoms. The van der Waals surface area contributed by atoms with E-state index in [1.807, 2.05) is 31.4 Å². The maximum Gasteiger partial charge on any atom is 0.410 e. The van der Waals surface area contributed by atoms with E-state index in [4.69, 9.17) is 4.74 Å². The minimum absolute atomic E-state index is 0.158. The largest absolute Gasteiger partial charge is 0.478 e. The molecule has 160 valence electrons. The number of carbonyl (C=O) groups is 3. The van der Waals surface area contributed by atoms with Crippen molar-refractivity contribution in [2.45, 2.75) is 45.8 Å². The lowest BCUT2D eigenvalue weighted by Gasteiger charge is -2.41. The third-order valence-corrected chi connectivity index (χ3v) is 5.98. The second kappa shape index (κ2) is 7.04. The normalized spacial score (nSPS) is 18.6. The Balaban J connectivity index is 1.61. The number of carboxylic acid groups (broad SMARTS) is 1. The van der Waals surface area contributed by atoms with Crippen LogP contribution in [0, 0.1) is 5.41 Å². The SMILES string of the molecule is CC(C)(C)OC(=O)N1CCC2(CC1)CNC(=O)c1cc3ccc(C(=O)O)cc3n1C2. The Hall–Kier alpha value is -3.03. The van der Waals surface area contributed by atoms with E-state index < -0.39 is 11.6 Å². The molecule has 1 saturated heterocycles. The number of ether oxygens (including phenoxy) is 1. The van der Waals surface area contributed by atoms with Crippen LogP contribution < -0.4 is 5.32 Å². The quantitative estimate of drug-likeness (QED) is 0.748. The van der Waals surface area contributed by atoms with Gasteiger partial charge in [0.15, 0.2) is 0 Å². The first-order chi connectivity index (χ1) is 14.1. The number of amides is 2. The van der Waals surface area contributed by atoms with E-state index in [0.717, 1.165) is 23.7 Å². The van der Waals surface area contributed by atoms with E-state index in [-0.39, 0.29) is 23.0 Å². The summed E-state index contributed by atoms with van der Waals surface area (Å²) in [6.07, 6.45) is 1.14. The Bertz CT molecular complexity index is 1030. The van der Waals surface area contributed by atoms with E-state index in [2.05, 4.69) is 5.32 Å². The molecular weight excluding hydrogens is 386 g/mol. The van der Waals surface area contributed by atoms with Gasteiger partial charge < -0.3 is 24.6 Å². The summed E-state index contributed by atoms with van der Waals surface area (Å²) in [5.41, 5.74) is 0.741. The average Bonchev–Trinajstić information content (AvgIpc) is 2.96. The van der Waals surface area contributed by atoms with Crippen molar-refractivity contribution in [3.8, 4) is 0 Å². The number of hydrogen-bond acceptors (Lipinski definition) is 4. The third-order valence-electron chi connectivity index (χ3n) is 5.98. The number of piperidine rings is 1. The van der Waals surface area contributed by atoms with Gasteiger partial charge in [-0.1, -0.05) is 6.07 Å². The summed E-state index contributed by atoms with van der Waals surface area (Å²) in [4.78, 5) is 38.3. The zero-order valence-corrected chi connectivity index (χ0v) is 17.5. The number of aromatic nitrogens is 1. The number of hydrogen-bond donors (Lipinski definition) is 2. The van der Waals surface area contributed by atoms with Gasteiger partial charge in [0, 0.05) is 42.5 Å². The van der Waals surface area contributed by atoms with Crippen LogP contribution in [0.4, 0.5) is 4.79 Å². The van der Waals surface area contributed by atoms with Gasteiger partial charge in [0.05, 0.1) is 5.56 Å². The standard InChI is InChI=1S/C22H27N3O5/c1-21(2,3)30-20(29)24-8-6-22(7-9-24)12-23-18(26)17-10-14-4-5-15(19(27)28)11-16(14)25(17)13-22/h4-5,10-11H,6-9,12-13H2,1-3H3,(H,23,26)(H,27,28). The van der Waals surface area contributed by atoms with Gasteiger partial charge in [0.2, 0.25) is 0 Å². The van der Waals surface area contributed by atoms with E-state index >= 15 is 0 Å². The van der Waals surface area contributed by atoms with Crippen molar-refractivity contribution in [1.29, 1.82) is 0 Å². The molecule has 30 heavy (non-hydrogen) atoms. The number of likely N-dealkylation sites (tertiary alicyclic amines) is 1. The Kier molecular flexibility index (Phi) is 4.75. The number of carboxylic acids is 1. The number of carbonyl (C=O) groups excluding carboxylic acids is 2. The fourth-order valence-electron chi connectivity index (χ4n) is 4.32. The molecule has 0 radical (unpaired) electrons. The topological polar surface area (TPSA) is 101 Å². The Morgan fingerprint density at radius 3 is 2.50 bits per heavy atom. The maximum atomic E-state index is 12.7. The third kappa shape index (κ3) is 3.74. The highest BCUT2D eigenvalue weighted by molar-refractivity contribution is 6.01. The molecule has 1 fully saturated rings. The van der Waals surface area contributed by atoms with E-state index in [1.54, 1.807) is 23.1 Å². The first kappa shape index (κ1) is 20.3. The predicted molar refractivity (Wildman–Crippen MR) is 111 cm³/mol. The number of nitrogens with one attached hydrogen (secondary N) is 1. The van der Waals surface area contributed by atoms with Crippen molar-refractivity contribution in [3.63, 3.8) is 0 Å². The maximum absolute atomic E-state index is 12.7. The van der Waals surface area contributed by atoms with Crippen LogP contribution in [0.3, 0.4) is 0 Å².